The van der Waals surface area contributed by atoms with Crippen LogP contribution in [0.15, 0.2) is 12.7 Å². The van der Waals surface area contributed by atoms with Crippen molar-refractivity contribution >= 4 is 11.9 Å². The van der Waals surface area contributed by atoms with Crippen LogP contribution in [0.4, 0.5) is 0 Å². The van der Waals surface area contributed by atoms with Gasteiger partial charge in [0.15, 0.2) is 0 Å². The second kappa shape index (κ2) is 7.87. The van der Waals surface area contributed by atoms with Gasteiger partial charge in [0.25, 0.3) is 0 Å². The molecule has 5 heteroatoms. The van der Waals surface area contributed by atoms with Gasteiger partial charge in [0.05, 0.1) is 19.1 Å². The standard InChI is InChI=1S/C13H23NO4/c1-6-10(9(4)15)12(16)14-11(7-8(2)3)13(17)18-5/h6,8-11,15H,1,7H2,2-5H3,(H,14,16)/t9?,10?,11-/m0/s1. The average molecular weight is 257 g/mol. The molecule has 0 aliphatic carbocycles. The molecule has 0 bridgehead atoms. The molecular formula is C13H23NO4. The Morgan fingerprint density at radius 1 is 1.39 bits per heavy atom. The lowest BCUT2D eigenvalue weighted by atomic mass is 10.00. The molecule has 0 aromatic heterocycles. The first kappa shape index (κ1) is 16.6. The van der Waals surface area contributed by atoms with Gasteiger partial charge in [-0.3, -0.25) is 4.79 Å². The smallest absolute Gasteiger partial charge is 0.328 e. The molecule has 5 nitrogen and oxygen atoms in total. The maximum atomic E-state index is 11.9. The van der Waals surface area contributed by atoms with Crippen LogP contribution in [0.2, 0.25) is 0 Å². The predicted octanol–water partition coefficient (Wildman–Crippen LogP) is 0.873. The highest BCUT2D eigenvalue weighted by Gasteiger charge is 2.27. The highest BCUT2D eigenvalue weighted by Crippen LogP contribution is 2.10. The summed E-state index contributed by atoms with van der Waals surface area (Å²) in [5, 5.41) is 12.0. The first-order valence-electron chi connectivity index (χ1n) is 6.02. The Hall–Kier alpha value is -1.36. The van der Waals surface area contributed by atoms with Gasteiger partial charge in [-0.15, -0.1) is 6.58 Å². The van der Waals surface area contributed by atoms with E-state index in [1.807, 2.05) is 13.8 Å². The zero-order valence-corrected chi connectivity index (χ0v) is 11.5. The summed E-state index contributed by atoms with van der Waals surface area (Å²) in [6, 6.07) is -0.691. The lowest BCUT2D eigenvalue weighted by Crippen LogP contribution is -2.46. The molecule has 0 radical (unpaired) electrons. The Labute approximate surface area is 108 Å². The highest BCUT2D eigenvalue weighted by atomic mass is 16.5. The summed E-state index contributed by atoms with van der Waals surface area (Å²) in [5.41, 5.74) is 0. The summed E-state index contributed by atoms with van der Waals surface area (Å²) in [6.07, 6.45) is 1.01. The highest BCUT2D eigenvalue weighted by molar-refractivity contribution is 5.86. The zero-order valence-electron chi connectivity index (χ0n) is 11.5. The Balaban J connectivity index is 4.71. The van der Waals surface area contributed by atoms with E-state index >= 15 is 0 Å². The van der Waals surface area contributed by atoms with E-state index in [-0.39, 0.29) is 5.92 Å². The number of hydrogen-bond donors (Lipinski definition) is 2. The minimum atomic E-state index is -0.847. The van der Waals surface area contributed by atoms with Crippen molar-refractivity contribution < 1.29 is 19.4 Å². The fourth-order valence-electron chi connectivity index (χ4n) is 1.62. The maximum absolute atomic E-state index is 11.9. The molecule has 0 aromatic rings. The van der Waals surface area contributed by atoms with Gasteiger partial charge < -0.3 is 15.2 Å². The molecule has 0 aliphatic heterocycles. The van der Waals surface area contributed by atoms with Crippen LogP contribution in [0.25, 0.3) is 0 Å². The van der Waals surface area contributed by atoms with E-state index in [0.29, 0.717) is 6.42 Å². The number of nitrogens with one attached hydrogen (secondary N) is 1. The minimum Gasteiger partial charge on any atom is -0.467 e. The number of aliphatic hydroxyl groups excluding tert-OH is 1. The number of ether oxygens (including phenoxy) is 1. The van der Waals surface area contributed by atoms with Gasteiger partial charge in [-0.25, -0.2) is 4.79 Å². The van der Waals surface area contributed by atoms with Crippen molar-refractivity contribution in [1.82, 2.24) is 5.32 Å². The Morgan fingerprint density at radius 3 is 2.28 bits per heavy atom. The van der Waals surface area contributed by atoms with Crippen molar-refractivity contribution in [1.29, 1.82) is 0 Å². The molecule has 0 aromatic carbocycles. The third-order valence-corrected chi connectivity index (χ3v) is 2.59. The van der Waals surface area contributed by atoms with Gasteiger partial charge in [0.1, 0.15) is 6.04 Å². The van der Waals surface area contributed by atoms with Crippen LogP contribution in [0, 0.1) is 11.8 Å². The van der Waals surface area contributed by atoms with Crippen molar-refractivity contribution in [2.75, 3.05) is 7.11 Å². The first-order chi connectivity index (χ1) is 8.33. The van der Waals surface area contributed by atoms with E-state index in [1.54, 1.807) is 0 Å². The Morgan fingerprint density at radius 2 is 1.94 bits per heavy atom. The van der Waals surface area contributed by atoms with Crippen molar-refractivity contribution in [2.24, 2.45) is 11.8 Å². The van der Waals surface area contributed by atoms with Crippen molar-refractivity contribution in [3.05, 3.63) is 12.7 Å². The molecule has 0 aliphatic rings. The average Bonchev–Trinajstić information content (AvgIpc) is 2.26. The number of carbonyl (C=O) groups is 2. The molecule has 2 N–H and O–H groups in total. The quantitative estimate of drug-likeness (QED) is 0.524. The Kier molecular flexibility index (Phi) is 7.27. The third-order valence-electron chi connectivity index (χ3n) is 2.59. The molecule has 18 heavy (non-hydrogen) atoms. The summed E-state index contributed by atoms with van der Waals surface area (Å²) in [4.78, 5) is 23.4. The molecule has 0 rings (SSSR count). The molecule has 0 heterocycles. The van der Waals surface area contributed by atoms with E-state index < -0.39 is 29.9 Å². The van der Waals surface area contributed by atoms with E-state index in [9.17, 15) is 14.7 Å². The second-order valence-corrected chi connectivity index (χ2v) is 4.72. The number of hydrogen-bond acceptors (Lipinski definition) is 4. The molecule has 3 atom stereocenters. The lowest BCUT2D eigenvalue weighted by Gasteiger charge is -2.22. The van der Waals surface area contributed by atoms with Crippen molar-refractivity contribution in [3.8, 4) is 0 Å². The van der Waals surface area contributed by atoms with Gasteiger partial charge in [0.2, 0.25) is 5.91 Å². The Bertz CT molecular complexity index is 299. The molecule has 0 saturated heterocycles. The van der Waals surface area contributed by atoms with E-state index in [0.717, 1.165) is 0 Å². The van der Waals surface area contributed by atoms with Gasteiger partial charge in [-0.2, -0.15) is 0 Å². The van der Waals surface area contributed by atoms with Crippen LogP contribution in [0.3, 0.4) is 0 Å². The van der Waals surface area contributed by atoms with Gasteiger partial charge in [0, 0.05) is 0 Å². The first-order valence-corrected chi connectivity index (χ1v) is 6.02. The molecule has 0 saturated carbocycles. The fraction of sp³-hybridized carbons (Fsp3) is 0.692. The van der Waals surface area contributed by atoms with Gasteiger partial charge in [-0.05, 0) is 19.3 Å². The van der Waals surface area contributed by atoms with Crippen LogP contribution in [0.5, 0.6) is 0 Å². The number of methoxy groups -OCH3 is 1. The summed E-state index contributed by atoms with van der Waals surface area (Å²) in [6.45, 7) is 8.89. The third kappa shape index (κ3) is 5.31. The number of esters is 1. The maximum Gasteiger partial charge on any atom is 0.328 e. The van der Waals surface area contributed by atoms with Crippen molar-refractivity contribution in [3.63, 3.8) is 0 Å². The summed E-state index contributed by atoms with van der Waals surface area (Å²) in [7, 11) is 1.28. The van der Waals surface area contributed by atoms with Gasteiger partial charge >= 0.3 is 5.97 Å². The number of amides is 1. The van der Waals surface area contributed by atoms with E-state index in [2.05, 4.69) is 16.6 Å². The van der Waals surface area contributed by atoms with Crippen molar-refractivity contribution in [2.45, 2.75) is 39.3 Å². The van der Waals surface area contributed by atoms with Crippen LogP contribution in [-0.2, 0) is 14.3 Å². The molecule has 0 spiro atoms. The van der Waals surface area contributed by atoms with E-state index in [4.69, 9.17) is 0 Å². The number of rotatable bonds is 7. The lowest BCUT2D eigenvalue weighted by molar-refractivity contribution is -0.146. The number of aliphatic hydroxyl groups is 1. The summed E-state index contributed by atoms with van der Waals surface area (Å²) < 4.78 is 4.65. The minimum absolute atomic E-state index is 0.239. The molecular weight excluding hydrogens is 234 g/mol. The van der Waals surface area contributed by atoms with Crippen LogP contribution < -0.4 is 5.32 Å². The summed E-state index contributed by atoms with van der Waals surface area (Å²) >= 11 is 0. The summed E-state index contributed by atoms with van der Waals surface area (Å²) in [5.74, 6) is -1.39. The number of carbonyl (C=O) groups excluding carboxylic acids is 2. The predicted molar refractivity (Wildman–Crippen MR) is 68.8 cm³/mol. The molecule has 0 fully saturated rings. The molecule has 1 amide bonds. The van der Waals surface area contributed by atoms with E-state index in [1.165, 1.54) is 20.1 Å². The topological polar surface area (TPSA) is 75.6 Å². The SMILES string of the molecule is C=CC(C(=O)N[C@@H](CC(C)C)C(=O)OC)C(C)O. The van der Waals surface area contributed by atoms with Crippen LogP contribution in [0.1, 0.15) is 27.2 Å². The zero-order chi connectivity index (χ0) is 14.3. The largest absolute Gasteiger partial charge is 0.467 e. The fourth-order valence-corrected chi connectivity index (χ4v) is 1.62. The second-order valence-electron chi connectivity index (χ2n) is 4.72. The molecule has 104 valence electrons. The van der Waals surface area contributed by atoms with Crippen LogP contribution >= 0.6 is 0 Å². The normalized spacial score (nSPS) is 15.7. The monoisotopic (exact) mass is 257 g/mol. The van der Waals surface area contributed by atoms with Gasteiger partial charge in [-0.1, -0.05) is 19.9 Å². The van der Waals surface area contributed by atoms with Crippen LogP contribution in [-0.4, -0.2) is 36.2 Å². The molecule has 2 unspecified atom stereocenters.